The minimum atomic E-state index is -0.157. The van der Waals surface area contributed by atoms with Crippen molar-refractivity contribution in [2.24, 2.45) is 5.73 Å². The summed E-state index contributed by atoms with van der Waals surface area (Å²) in [5, 5.41) is 5.52. The van der Waals surface area contributed by atoms with Gasteiger partial charge in [-0.25, -0.2) is 4.79 Å². The first-order valence-electron chi connectivity index (χ1n) is 6.28. The van der Waals surface area contributed by atoms with Crippen molar-refractivity contribution < 1.29 is 9.59 Å². The van der Waals surface area contributed by atoms with E-state index in [1.165, 1.54) is 0 Å². The molecule has 1 heterocycles. The molecule has 0 aliphatic carbocycles. The Kier molecular flexibility index (Phi) is 4.01. The van der Waals surface area contributed by atoms with Gasteiger partial charge in [0.25, 0.3) is 5.91 Å². The van der Waals surface area contributed by atoms with Gasteiger partial charge in [-0.2, -0.15) is 0 Å². The average Bonchev–Trinajstić information content (AvgIpc) is 2.85. The van der Waals surface area contributed by atoms with Crippen LogP contribution in [-0.2, 0) is 0 Å². The van der Waals surface area contributed by atoms with Crippen molar-refractivity contribution in [3.05, 3.63) is 29.8 Å². The Hall–Kier alpha value is -2.08. The fourth-order valence-electron chi connectivity index (χ4n) is 1.88. The highest BCUT2D eigenvalue weighted by atomic mass is 16.2. The molecular weight excluding hydrogens is 244 g/mol. The standard InChI is InChI=1S/C13H18N4O2/c1-9(8-14)16-12(18)10-2-4-11(5-3-10)17-7-6-15-13(17)19/h2-5,9H,6-8,14H2,1H3,(H,15,19)(H,16,18)/t9-/m0/s1. The van der Waals surface area contributed by atoms with Crippen molar-refractivity contribution >= 4 is 17.6 Å². The second-order valence-electron chi connectivity index (χ2n) is 4.54. The molecular formula is C13H18N4O2. The Labute approximate surface area is 112 Å². The maximum absolute atomic E-state index is 11.9. The van der Waals surface area contributed by atoms with Crippen molar-refractivity contribution in [2.75, 3.05) is 24.5 Å². The van der Waals surface area contributed by atoms with Crippen LogP contribution in [0.4, 0.5) is 10.5 Å². The zero-order valence-electron chi connectivity index (χ0n) is 10.8. The molecule has 1 aliphatic rings. The van der Waals surface area contributed by atoms with Gasteiger partial charge in [-0.1, -0.05) is 0 Å². The Morgan fingerprint density at radius 3 is 2.68 bits per heavy atom. The number of urea groups is 1. The van der Waals surface area contributed by atoms with Crippen LogP contribution in [-0.4, -0.2) is 37.6 Å². The van der Waals surface area contributed by atoms with Crippen LogP contribution in [0.1, 0.15) is 17.3 Å². The molecule has 1 aromatic carbocycles. The number of rotatable bonds is 4. The van der Waals surface area contributed by atoms with E-state index in [1.54, 1.807) is 29.2 Å². The summed E-state index contributed by atoms with van der Waals surface area (Å²) in [6.07, 6.45) is 0. The zero-order valence-corrected chi connectivity index (χ0v) is 10.8. The number of nitrogens with one attached hydrogen (secondary N) is 2. The molecule has 0 spiro atoms. The first kappa shape index (κ1) is 13.4. The maximum atomic E-state index is 11.9. The van der Waals surface area contributed by atoms with Crippen molar-refractivity contribution in [1.29, 1.82) is 0 Å². The molecule has 1 saturated heterocycles. The number of nitrogens with two attached hydrogens (primary N) is 1. The van der Waals surface area contributed by atoms with Crippen molar-refractivity contribution in [3.63, 3.8) is 0 Å². The van der Waals surface area contributed by atoms with Gasteiger partial charge in [0.2, 0.25) is 0 Å². The summed E-state index contributed by atoms with van der Waals surface area (Å²) < 4.78 is 0. The molecule has 1 aliphatic heterocycles. The summed E-state index contributed by atoms with van der Waals surface area (Å²) in [4.78, 5) is 25.0. The summed E-state index contributed by atoms with van der Waals surface area (Å²) in [5.74, 6) is -0.157. The highest BCUT2D eigenvalue weighted by Gasteiger charge is 2.21. The van der Waals surface area contributed by atoms with Crippen LogP contribution in [0, 0.1) is 0 Å². The van der Waals surface area contributed by atoms with Crippen molar-refractivity contribution in [2.45, 2.75) is 13.0 Å². The first-order valence-corrected chi connectivity index (χ1v) is 6.28. The van der Waals surface area contributed by atoms with Crippen molar-refractivity contribution in [1.82, 2.24) is 10.6 Å². The lowest BCUT2D eigenvalue weighted by atomic mass is 10.1. The van der Waals surface area contributed by atoms with Crippen LogP contribution >= 0.6 is 0 Å². The molecule has 1 atom stereocenters. The number of carbonyl (C=O) groups excluding carboxylic acids is 2. The molecule has 0 saturated carbocycles. The van der Waals surface area contributed by atoms with Gasteiger partial charge in [0, 0.05) is 36.9 Å². The summed E-state index contributed by atoms with van der Waals surface area (Å²) in [5.41, 5.74) is 6.80. The van der Waals surface area contributed by atoms with E-state index in [0.29, 0.717) is 25.2 Å². The monoisotopic (exact) mass is 262 g/mol. The summed E-state index contributed by atoms with van der Waals surface area (Å²) in [6.45, 7) is 3.54. The fraction of sp³-hybridized carbons (Fsp3) is 0.385. The normalized spacial score (nSPS) is 16.1. The largest absolute Gasteiger partial charge is 0.348 e. The SMILES string of the molecule is C[C@@H](CN)NC(=O)c1ccc(N2CCNC2=O)cc1. The van der Waals surface area contributed by atoms with Crippen LogP contribution in [0.25, 0.3) is 0 Å². The maximum Gasteiger partial charge on any atom is 0.321 e. The number of carbonyl (C=O) groups is 2. The van der Waals surface area contributed by atoms with Crippen LogP contribution in [0.3, 0.4) is 0 Å². The number of benzene rings is 1. The molecule has 19 heavy (non-hydrogen) atoms. The van der Waals surface area contributed by atoms with Gasteiger partial charge in [-0.05, 0) is 31.2 Å². The number of anilines is 1. The first-order chi connectivity index (χ1) is 9.11. The molecule has 0 aromatic heterocycles. The Morgan fingerprint density at radius 1 is 1.47 bits per heavy atom. The van der Waals surface area contributed by atoms with E-state index in [2.05, 4.69) is 10.6 Å². The summed E-state index contributed by atoms with van der Waals surface area (Å²) in [6, 6.07) is 6.80. The molecule has 3 amide bonds. The molecule has 1 fully saturated rings. The molecule has 0 bridgehead atoms. The third-order valence-corrected chi connectivity index (χ3v) is 3.03. The second-order valence-corrected chi connectivity index (χ2v) is 4.54. The van der Waals surface area contributed by atoms with E-state index in [9.17, 15) is 9.59 Å². The lowest BCUT2D eigenvalue weighted by Crippen LogP contribution is -2.37. The van der Waals surface area contributed by atoms with Crippen LogP contribution in [0.2, 0.25) is 0 Å². The topological polar surface area (TPSA) is 87.5 Å². The van der Waals surface area contributed by atoms with Crippen LogP contribution in [0.15, 0.2) is 24.3 Å². The minimum Gasteiger partial charge on any atom is -0.348 e. The third-order valence-electron chi connectivity index (χ3n) is 3.03. The molecule has 4 N–H and O–H groups in total. The van der Waals surface area contributed by atoms with Gasteiger partial charge < -0.3 is 16.4 Å². The third kappa shape index (κ3) is 3.03. The Morgan fingerprint density at radius 2 is 2.16 bits per heavy atom. The van der Waals surface area contributed by atoms with Gasteiger partial charge in [0.15, 0.2) is 0 Å². The van der Waals surface area contributed by atoms with E-state index >= 15 is 0 Å². The summed E-state index contributed by atoms with van der Waals surface area (Å²) in [7, 11) is 0. The van der Waals surface area contributed by atoms with Gasteiger partial charge in [0.1, 0.15) is 0 Å². The van der Waals surface area contributed by atoms with Gasteiger partial charge in [0.05, 0.1) is 0 Å². The average molecular weight is 262 g/mol. The molecule has 6 nitrogen and oxygen atoms in total. The predicted molar refractivity (Wildman–Crippen MR) is 73.2 cm³/mol. The molecule has 0 radical (unpaired) electrons. The smallest absolute Gasteiger partial charge is 0.321 e. The number of hydrogen-bond acceptors (Lipinski definition) is 3. The molecule has 102 valence electrons. The van der Waals surface area contributed by atoms with Gasteiger partial charge >= 0.3 is 6.03 Å². The van der Waals surface area contributed by atoms with Crippen molar-refractivity contribution in [3.8, 4) is 0 Å². The lowest BCUT2D eigenvalue weighted by molar-refractivity contribution is 0.0941. The van der Waals surface area contributed by atoms with Gasteiger partial charge in [-0.15, -0.1) is 0 Å². The van der Waals surface area contributed by atoms with Crippen LogP contribution in [0.5, 0.6) is 0 Å². The van der Waals surface area contributed by atoms with Gasteiger partial charge in [-0.3, -0.25) is 9.69 Å². The molecule has 6 heteroatoms. The van der Waals surface area contributed by atoms with E-state index in [4.69, 9.17) is 5.73 Å². The predicted octanol–water partition coefficient (Wildman–Crippen LogP) is 0.293. The van der Waals surface area contributed by atoms with E-state index in [-0.39, 0.29) is 18.0 Å². The molecule has 0 unspecified atom stereocenters. The minimum absolute atomic E-state index is 0.0588. The van der Waals surface area contributed by atoms with Crippen LogP contribution < -0.4 is 21.3 Å². The highest BCUT2D eigenvalue weighted by molar-refractivity contribution is 5.97. The Bertz CT molecular complexity index is 472. The fourth-order valence-corrected chi connectivity index (χ4v) is 1.88. The number of amides is 3. The lowest BCUT2D eigenvalue weighted by Gasteiger charge is -2.15. The Balaban J connectivity index is 2.06. The zero-order chi connectivity index (χ0) is 13.8. The molecule has 2 rings (SSSR count). The quantitative estimate of drug-likeness (QED) is 0.729. The van der Waals surface area contributed by atoms with E-state index < -0.39 is 0 Å². The summed E-state index contributed by atoms with van der Waals surface area (Å²) >= 11 is 0. The molecule has 1 aromatic rings. The van der Waals surface area contributed by atoms with E-state index in [0.717, 1.165) is 5.69 Å². The second kappa shape index (κ2) is 5.71. The van der Waals surface area contributed by atoms with E-state index in [1.807, 2.05) is 6.92 Å². The number of nitrogens with zero attached hydrogens (tertiary/aromatic N) is 1. The highest BCUT2D eigenvalue weighted by Crippen LogP contribution is 2.17. The number of hydrogen-bond donors (Lipinski definition) is 3.